The van der Waals surface area contributed by atoms with Crippen LogP contribution in [0.1, 0.15) is 58.8 Å². The number of aromatic nitrogens is 3. The number of aliphatic hydroxyl groups is 1. The molecule has 0 bridgehead atoms. The van der Waals surface area contributed by atoms with Crippen LogP contribution in [0.2, 0.25) is 0 Å². The maximum absolute atomic E-state index is 13.8. The zero-order chi connectivity index (χ0) is 30.3. The predicted molar refractivity (Wildman–Crippen MR) is 153 cm³/mol. The second kappa shape index (κ2) is 17.4. The highest BCUT2D eigenvalue weighted by molar-refractivity contribution is 5.65. The van der Waals surface area contributed by atoms with Crippen molar-refractivity contribution in [1.29, 1.82) is 0 Å². The van der Waals surface area contributed by atoms with E-state index in [1.54, 1.807) is 52.5 Å². The number of halogens is 2. The van der Waals surface area contributed by atoms with Crippen molar-refractivity contribution in [3.63, 3.8) is 0 Å². The van der Waals surface area contributed by atoms with E-state index in [9.17, 15) is 13.6 Å². The number of aliphatic hydroxyl groups excluding tert-OH is 1. The van der Waals surface area contributed by atoms with E-state index >= 15 is 0 Å². The van der Waals surface area contributed by atoms with Crippen molar-refractivity contribution in [2.75, 3.05) is 32.1 Å². The Balaban J connectivity index is 0.00000189. The fourth-order valence-corrected chi connectivity index (χ4v) is 4.01. The number of alkyl halides is 2. The van der Waals surface area contributed by atoms with E-state index in [1.807, 2.05) is 27.7 Å². The third-order valence-corrected chi connectivity index (χ3v) is 5.60. The lowest BCUT2D eigenvalue weighted by Crippen LogP contribution is -2.43. The number of hydrazine groups is 1. The molecule has 1 saturated heterocycles. The van der Waals surface area contributed by atoms with Crippen molar-refractivity contribution >= 4 is 17.7 Å². The molecule has 12 heteroatoms. The first-order valence-electron chi connectivity index (χ1n) is 13.1. The summed E-state index contributed by atoms with van der Waals surface area (Å²) in [6.45, 7) is 12.4. The molecule has 3 rings (SSSR count). The minimum absolute atomic E-state index is 0.0891. The molecule has 2 aromatic heterocycles. The predicted octanol–water partition coefficient (Wildman–Crippen LogP) is 3.22. The van der Waals surface area contributed by atoms with Crippen molar-refractivity contribution in [3.8, 4) is 0 Å². The lowest BCUT2D eigenvalue weighted by atomic mass is 10.1. The van der Waals surface area contributed by atoms with E-state index in [4.69, 9.17) is 21.5 Å². The fraction of sp³-hybridized carbons (Fsp3) is 0.593. The van der Waals surface area contributed by atoms with Gasteiger partial charge >= 0.3 is 5.69 Å². The van der Waals surface area contributed by atoms with Crippen LogP contribution in [0, 0.1) is 12.8 Å². The molecule has 10 nitrogen and oxygen atoms in total. The molecular formula is C27H47F2N7O3. The summed E-state index contributed by atoms with van der Waals surface area (Å²) in [5.74, 6) is 3.67. The summed E-state index contributed by atoms with van der Waals surface area (Å²) in [5, 5.41) is 8.37. The maximum atomic E-state index is 13.8. The number of likely N-dealkylation sites (N-methyl/N-ethyl adjacent to an activating group) is 1. The third kappa shape index (κ3) is 10.8. The van der Waals surface area contributed by atoms with Crippen molar-refractivity contribution in [2.45, 2.75) is 73.4 Å². The monoisotopic (exact) mass is 555 g/mol. The number of nitrogens with zero attached hydrogens (tertiary/aromatic N) is 5. The van der Waals surface area contributed by atoms with Crippen LogP contribution in [0.4, 0.5) is 14.5 Å². The number of aldehydes is 1. The molecule has 1 fully saturated rings. The zero-order valence-corrected chi connectivity index (χ0v) is 24.6. The van der Waals surface area contributed by atoms with Crippen LogP contribution in [0.3, 0.4) is 0 Å². The summed E-state index contributed by atoms with van der Waals surface area (Å²) in [6.07, 6.45) is 4.55. The Labute approximate surface area is 230 Å². The van der Waals surface area contributed by atoms with Crippen molar-refractivity contribution in [2.24, 2.45) is 17.5 Å². The Bertz CT molecular complexity index is 1100. The molecule has 0 saturated carbocycles. The van der Waals surface area contributed by atoms with E-state index in [-0.39, 0.29) is 25.2 Å². The van der Waals surface area contributed by atoms with Gasteiger partial charge in [0.25, 0.3) is 5.92 Å². The molecule has 222 valence electrons. The van der Waals surface area contributed by atoms with Gasteiger partial charge in [0.2, 0.25) is 0 Å². The second-order valence-corrected chi connectivity index (χ2v) is 9.14. The smallest absolute Gasteiger partial charge is 0.328 e. The van der Waals surface area contributed by atoms with E-state index in [1.165, 1.54) is 11.9 Å². The van der Waals surface area contributed by atoms with Gasteiger partial charge in [-0.1, -0.05) is 27.7 Å². The van der Waals surface area contributed by atoms with Gasteiger partial charge in [-0.25, -0.2) is 24.4 Å². The molecule has 0 amide bonds. The van der Waals surface area contributed by atoms with Gasteiger partial charge in [-0.05, 0) is 38.3 Å². The summed E-state index contributed by atoms with van der Waals surface area (Å²) in [4.78, 5) is 27.7. The average molecular weight is 556 g/mol. The zero-order valence-electron chi connectivity index (χ0n) is 24.6. The number of imidazole rings is 1. The van der Waals surface area contributed by atoms with Gasteiger partial charge in [0.1, 0.15) is 6.29 Å². The van der Waals surface area contributed by atoms with Crippen LogP contribution in [-0.2, 0) is 17.9 Å². The summed E-state index contributed by atoms with van der Waals surface area (Å²) in [6, 6.07) is 3.48. The Kier molecular flexibility index (Phi) is 15.9. The summed E-state index contributed by atoms with van der Waals surface area (Å²) >= 11 is 0. The number of nitrogens with two attached hydrogens (primary N) is 2. The average Bonchev–Trinajstić information content (AvgIpc) is 3.22. The summed E-state index contributed by atoms with van der Waals surface area (Å²) in [7, 11) is 2.65. The Morgan fingerprint density at radius 2 is 1.79 bits per heavy atom. The number of carbonyl (C=O) groups excluding carboxylic acids is 1. The highest BCUT2D eigenvalue weighted by Crippen LogP contribution is 2.31. The number of pyridine rings is 1. The van der Waals surface area contributed by atoms with Crippen LogP contribution in [-0.4, -0.2) is 63.7 Å². The van der Waals surface area contributed by atoms with Gasteiger partial charge in [0.05, 0.1) is 41.6 Å². The van der Waals surface area contributed by atoms with E-state index in [0.29, 0.717) is 53.9 Å². The molecule has 0 aliphatic carbocycles. The molecule has 1 aliphatic rings. The first kappa shape index (κ1) is 35.8. The lowest BCUT2D eigenvalue weighted by molar-refractivity contribution is -0.106. The SMILES string of the molecule is CC.CC=O.CO.Cc1nc(/C(N)=C(\Cn2ccn(CC(C)C)c2=O)N(C)N)ccc1N1CCCC(F)(F)C1. The van der Waals surface area contributed by atoms with Crippen molar-refractivity contribution in [1.82, 2.24) is 19.1 Å². The third-order valence-electron chi connectivity index (χ3n) is 5.60. The molecule has 0 atom stereocenters. The normalized spacial score (nSPS) is 14.5. The minimum Gasteiger partial charge on any atom is -0.400 e. The van der Waals surface area contributed by atoms with Crippen LogP contribution in [0.25, 0.3) is 5.70 Å². The molecule has 2 aromatic rings. The highest BCUT2D eigenvalue weighted by Gasteiger charge is 2.35. The van der Waals surface area contributed by atoms with Gasteiger partial charge in [0, 0.05) is 46.1 Å². The van der Waals surface area contributed by atoms with Gasteiger partial charge in [-0.15, -0.1) is 0 Å². The molecular weight excluding hydrogens is 508 g/mol. The van der Waals surface area contributed by atoms with Crippen LogP contribution >= 0.6 is 0 Å². The molecule has 0 spiro atoms. The Morgan fingerprint density at radius 3 is 2.28 bits per heavy atom. The quantitative estimate of drug-likeness (QED) is 0.269. The highest BCUT2D eigenvalue weighted by atomic mass is 19.3. The largest absolute Gasteiger partial charge is 0.400 e. The lowest BCUT2D eigenvalue weighted by Gasteiger charge is -2.34. The standard InChI is InChI=1S/C22H33F2N7O.C2H4O.C2H6.CH4O/c1-15(2)12-29-10-11-30(21(29)32)13-19(28(4)26)20(25)17-6-7-18(16(3)27-17)31-9-5-8-22(23,24)14-31;1-2-3;2*1-2/h6-7,10-11,15H,5,8-9,12-14,25-26H2,1-4H3;2H,1H3;1-2H3;2H,1H3/b20-19-;;;. The first-order chi connectivity index (χ1) is 18.4. The van der Waals surface area contributed by atoms with Gasteiger partial charge in [-0.2, -0.15) is 0 Å². The minimum atomic E-state index is -2.70. The number of hydrogen-bond donors (Lipinski definition) is 3. The molecule has 1 aliphatic heterocycles. The van der Waals surface area contributed by atoms with Crippen molar-refractivity contribution in [3.05, 3.63) is 52.1 Å². The Morgan fingerprint density at radius 1 is 1.23 bits per heavy atom. The summed E-state index contributed by atoms with van der Waals surface area (Å²) in [5.41, 5.74) is 8.89. The van der Waals surface area contributed by atoms with E-state index in [0.717, 1.165) is 13.4 Å². The molecule has 0 unspecified atom stereocenters. The van der Waals surface area contributed by atoms with E-state index in [2.05, 4.69) is 4.98 Å². The Hall–Kier alpha value is -3.25. The molecule has 0 aromatic carbocycles. The number of piperidine rings is 1. The number of carbonyl (C=O) groups is 1. The molecule has 39 heavy (non-hydrogen) atoms. The fourth-order valence-electron chi connectivity index (χ4n) is 4.01. The molecule has 3 heterocycles. The first-order valence-corrected chi connectivity index (χ1v) is 13.1. The second-order valence-electron chi connectivity index (χ2n) is 9.14. The molecule has 0 radical (unpaired) electrons. The molecule has 5 N–H and O–H groups in total. The number of aryl methyl sites for hydroxylation is 1. The number of allylic oxidation sites excluding steroid dienone is 1. The van der Waals surface area contributed by atoms with Gasteiger partial charge in [-0.3, -0.25) is 9.13 Å². The topological polar surface area (TPSA) is 136 Å². The maximum Gasteiger partial charge on any atom is 0.328 e. The van der Waals surface area contributed by atoms with Crippen molar-refractivity contribution < 1.29 is 18.7 Å². The number of anilines is 1. The van der Waals surface area contributed by atoms with Gasteiger partial charge in [0.15, 0.2) is 0 Å². The summed E-state index contributed by atoms with van der Waals surface area (Å²) < 4.78 is 30.9. The van der Waals surface area contributed by atoms with E-state index < -0.39 is 5.92 Å². The number of hydrogen-bond acceptors (Lipinski definition) is 8. The number of rotatable bonds is 7. The van der Waals surface area contributed by atoms with Crippen LogP contribution in [0.5, 0.6) is 0 Å². The van der Waals surface area contributed by atoms with Crippen LogP contribution < -0.4 is 22.2 Å². The van der Waals surface area contributed by atoms with Crippen LogP contribution in [0.15, 0.2) is 35.0 Å². The van der Waals surface area contributed by atoms with Gasteiger partial charge < -0.3 is 25.5 Å².